The number of hydrogen-bond donors (Lipinski definition) is 0. The maximum Gasteiger partial charge on any atom is 0.133 e. The normalized spacial score (nSPS) is 14.3. The van der Waals surface area contributed by atoms with Crippen molar-refractivity contribution in [3.8, 4) is 12.1 Å². The lowest BCUT2D eigenvalue weighted by molar-refractivity contribution is 1.04. The second kappa shape index (κ2) is 4.28. The number of nitrogens with zero attached hydrogens (tertiary/aromatic N) is 2. The van der Waals surface area contributed by atoms with Gasteiger partial charge in [-0.1, -0.05) is 12.2 Å². The fourth-order valence-corrected chi connectivity index (χ4v) is 1.48. The fraction of sp³-hybridized carbons (Fsp3) is 0.273. The molecule has 0 N–H and O–H groups in total. The lowest BCUT2D eigenvalue weighted by atomic mass is 10.0. The van der Waals surface area contributed by atoms with Gasteiger partial charge >= 0.3 is 0 Å². The molecular weight excluding hydrogens is 160 g/mol. The number of nitriles is 2. The van der Waals surface area contributed by atoms with Gasteiger partial charge in [0.1, 0.15) is 17.7 Å². The summed E-state index contributed by atoms with van der Waals surface area (Å²) in [6.07, 6.45) is 6.38. The molecular formula is C11H10N2. The van der Waals surface area contributed by atoms with Gasteiger partial charge in [-0.15, -0.1) is 6.58 Å². The van der Waals surface area contributed by atoms with E-state index in [1.54, 1.807) is 6.08 Å². The molecule has 64 valence electrons. The van der Waals surface area contributed by atoms with Crippen molar-refractivity contribution in [3.05, 3.63) is 35.5 Å². The highest BCUT2D eigenvalue weighted by molar-refractivity contribution is 5.51. The smallest absolute Gasteiger partial charge is 0.133 e. The van der Waals surface area contributed by atoms with Crippen LogP contribution < -0.4 is 0 Å². The number of allylic oxidation sites excluding steroid dienone is 5. The minimum Gasteiger partial charge on any atom is -0.192 e. The minimum absolute atomic E-state index is 0.255. The molecule has 0 atom stereocenters. The summed E-state index contributed by atoms with van der Waals surface area (Å²) in [5, 5.41) is 17.4. The van der Waals surface area contributed by atoms with Gasteiger partial charge in [-0.25, -0.2) is 0 Å². The van der Waals surface area contributed by atoms with E-state index in [-0.39, 0.29) is 5.57 Å². The minimum atomic E-state index is 0.255. The topological polar surface area (TPSA) is 47.6 Å². The maximum absolute atomic E-state index is 8.69. The lowest BCUT2D eigenvalue weighted by Gasteiger charge is -2.01. The zero-order chi connectivity index (χ0) is 9.68. The molecule has 1 aliphatic carbocycles. The molecule has 0 spiro atoms. The molecule has 0 radical (unpaired) electrons. The third kappa shape index (κ3) is 1.86. The molecule has 0 heterocycles. The van der Waals surface area contributed by atoms with Crippen LogP contribution >= 0.6 is 0 Å². The van der Waals surface area contributed by atoms with Crippen LogP contribution in [0.4, 0.5) is 0 Å². The SMILES string of the molecule is C=CCC1=CCCC1=C(C#N)C#N. The van der Waals surface area contributed by atoms with Crippen LogP contribution in [0.3, 0.4) is 0 Å². The highest BCUT2D eigenvalue weighted by Gasteiger charge is 2.14. The summed E-state index contributed by atoms with van der Waals surface area (Å²) < 4.78 is 0. The van der Waals surface area contributed by atoms with Crippen LogP contribution in [0.1, 0.15) is 19.3 Å². The molecule has 0 unspecified atom stereocenters. The van der Waals surface area contributed by atoms with E-state index in [1.807, 2.05) is 12.1 Å². The summed E-state index contributed by atoms with van der Waals surface area (Å²) >= 11 is 0. The van der Waals surface area contributed by atoms with E-state index in [1.165, 1.54) is 0 Å². The van der Waals surface area contributed by atoms with Crippen molar-refractivity contribution in [1.82, 2.24) is 0 Å². The highest BCUT2D eigenvalue weighted by Crippen LogP contribution is 2.29. The quantitative estimate of drug-likeness (QED) is 0.472. The van der Waals surface area contributed by atoms with E-state index in [9.17, 15) is 0 Å². The van der Waals surface area contributed by atoms with Gasteiger partial charge in [-0.05, 0) is 30.4 Å². The van der Waals surface area contributed by atoms with Gasteiger partial charge < -0.3 is 0 Å². The average molecular weight is 170 g/mol. The van der Waals surface area contributed by atoms with Gasteiger partial charge in [0.15, 0.2) is 0 Å². The molecule has 0 aromatic rings. The van der Waals surface area contributed by atoms with Gasteiger partial charge in [0.05, 0.1) is 0 Å². The molecule has 0 saturated carbocycles. The summed E-state index contributed by atoms with van der Waals surface area (Å²) in [4.78, 5) is 0. The zero-order valence-electron chi connectivity index (χ0n) is 7.38. The maximum atomic E-state index is 8.69. The Hall–Kier alpha value is -1.80. The third-order valence-corrected chi connectivity index (χ3v) is 2.06. The van der Waals surface area contributed by atoms with Crippen LogP contribution in [0, 0.1) is 22.7 Å². The van der Waals surface area contributed by atoms with Crippen molar-refractivity contribution in [2.75, 3.05) is 0 Å². The zero-order valence-corrected chi connectivity index (χ0v) is 7.38. The van der Waals surface area contributed by atoms with Gasteiger partial charge in [-0.3, -0.25) is 0 Å². The predicted molar refractivity (Wildman–Crippen MR) is 50.4 cm³/mol. The van der Waals surface area contributed by atoms with Crippen molar-refractivity contribution in [2.45, 2.75) is 19.3 Å². The van der Waals surface area contributed by atoms with Crippen LogP contribution in [0.15, 0.2) is 35.5 Å². The van der Waals surface area contributed by atoms with Crippen LogP contribution in [0.2, 0.25) is 0 Å². The molecule has 2 nitrogen and oxygen atoms in total. The first-order chi connectivity index (χ1) is 6.33. The lowest BCUT2D eigenvalue weighted by Crippen LogP contribution is -1.87. The Kier molecular flexibility index (Phi) is 3.06. The molecule has 1 aliphatic rings. The number of rotatable bonds is 2. The molecule has 0 amide bonds. The van der Waals surface area contributed by atoms with Gasteiger partial charge in [0.2, 0.25) is 0 Å². The molecule has 0 aromatic heterocycles. The van der Waals surface area contributed by atoms with Gasteiger partial charge in [-0.2, -0.15) is 10.5 Å². The molecule has 2 heteroatoms. The number of hydrogen-bond acceptors (Lipinski definition) is 2. The second-order valence-electron chi connectivity index (χ2n) is 2.84. The largest absolute Gasteiger partial charge is 0.192 e. The average Bonchev–Trinajstić information content (AvgIpc) is 2.57. The Bertz CT molecular complexity index is 343. The molecule has 1 rings (SSSR count). The summed E-state index contributed by atoms with van der Waals surface area (Å²) in [6, 6.07) is 3.85. The Morgan fingerprint density at radius 3 is 2.77 bits per heavy atom. The summed E-state index contributed by atoms with van der Waals surface area (Å²) in [7, 11) is 0. The standard InChI is InChI=1S/C11H10N2/c1-2-4-9-5-3-6-11(9)10(7-12)8-13/h2,5H,1,3-4,6H2. The van der Waals surface area contributed by atoms with E-state index in [4.69, 9.17) is 10.5 Å². The monoisotopic (exact) mass is 170 g/mol. The van der Waals surface area contributed by atoms with Crippen molar-refractivity contribution < 1.29 is 0 Å². The van der Waals surface area contributed by atoms with E-state index < -0.39 is 0 Å². The van der Waals surface area contributed by atoms with Crippen molar-refractivity contribution in [1.29, 1.82) is 10.5 Å². The Morgan fingerprint density at radius 1 is 1.54 bits per heavy atom. The predicted octanol–water partition coefficient (Wildman–Crippen LogP) is 2.63. The molecule has 0 bridgehead atoms. The second-order valence-corrected chi connectivity index (χ2v) is 2.84. The van der Waals surface area contributed by atoms with Crippen LogP contribution in [-0.2, 0) is 0 Å². The third-order valence-electron chi connectivity index (χ3n) is 2.06. The van der Waals surface area contributed by atoms with Crippen molar-refractivity contribution in [2.24, 2.45) is 0 Å². The molecule has 0 fully saturated rings. The molecule has 0 aliphatic heterocycles. The van der Waals surface area contributed by atoms with Crippen LogP contribution in [0.5, 0.6) is 0 Å². The fourth-order valence-electron chi connectivity index (χ4n) is 1.48. The van der Waals surface area contributed by atoms with Crippen molar-refractivity contribution in [3.63, 3.8) is 0 Å². The Balaban J connectivity index is 3.02. The van der Waals surface area contributed by atoms with Crippen LogP contribution in [0.25, 0.3) is 0 Å². The van der Waals surface area contributed by atoms with Gasteiger partial charge in [0, 0.05) is 0 Å². The van der Waals surface area contributed by atoms with E-state index in [2.05, 4.69) is 12.7 Å². The molecule has 0 saturated heterocycles. The highest BCUT2D eigenvalue weighted by atomic mass is 14.3. The van der Waals surface area contributed by atoms with E-state index in [0.717, 1.165) is 30.4 Å². The first-order valence-corrected chi connectivity index (χ1v) is 4.17. The van der Waals surface area contributed by atoms with E-state index in [0.29, 0.717) is 0 Å². The summed E-state index contributed by atoms with van der Waals surface area (Å²) in [5.41, 5.74) is 2.25. The molecule has 13 heavy (non-hydrogen) atoms. The Labute approximate surface area is 78.1 Å². The Morgan fingerprint density at radius 2 is 2.23 bits per heavy atom. The summed E-state index contributed by atoms with van der Waals surface area (Å²) in [6.45, 7) is 3.64. The molecule has 0 aromatic carbocycles. The first kappa shape index (κ1) is 9.29. The van der Waals surface area contributed by atoms with Crippen LogP contribution in [-0.4, -0.2) is 0 Å². The van der Waals surface area contributed by atoms with E-state index >= 15 is 0 Å². The van der Waals surface area contributed by atoms with Gasteiger partial charge in [0.25, 0.3) is 0 Å². The first-order valence-electron chi connectivity index (χ1n) is 4.17. The van der Waals surface area contributed by atoms with Crippen molar-refractivity contribution >= 4 is 0 Å². The summed E-state index contributed by atoms with van der Waals surface area (Å²) in [5.74, 6) is 0.